The maximum Gasteiger partial charge on any atom is 0.181 e. The molecule has 0 aromatic carbocycles. The van der Waals surface area contributed by atoms with E-state index in [1.165, 1.54) is 0 Å². The summed E-state index contributed by atoms with van der Waals surface area (Å²) in [6, 6.07) is 0. The quantitative estimate of drug-likeness (QED) is 0.795. The minimum atomic E-state index is 0.361. The summed E-state index contributed by atoms with van der Waals surface area (Å²) in [5.41, 5.74) is 2.81. The maximum absolute atomic E-state index is 6.15. The zero-order chi connectivity index (χ0) is 12.7. The molecule has 0 amide bonds. The van der Waals surface area contributed by atoms with E-state index in [-0.39, 0.29) is 0 Å². The van der Waals surface area contributed by atoms with Gasteiger partial charge in [0.15, 0.2) is 16.6 Å². The Morgan fingerprint density at radius 1 is 1.17 bits per heavy atom. The highest BCUT2D eigenvalue weighted by atomic mass is 35.5. The molecule has 96 valence electrons. The second-order valence-electron chi connectivity index (χ2n) is 4.72. The van der Waals surface area contributed by atoms with Crippen molar-refractivity contribution >= 4 is 17.2 Å². The molecule has 3 heterocycles. The third-order valence-corrected chi connectivity index (χ3v) is 4.01. The molecule has 0 radical (unpaired) electrons. The van der Waals surface area contributed by atoms with Gasteiger partial charge in [0, 0.05) is 24.7 Å². The Labute approximate surface area is 110 Å². The molecule has 0 saturated carbocycles. The van der Waals surface area contributed by atoms with Crippen molar-refractivity contribution in [2.24, 2.45) is 0 Å². The number of aromatic nitrogens is 4. The van der Waals surface area contributed by atoms with Crippen LogP contribution in [-0.4, -0.2) is 33.0 Å². The Bertz CT molecular complexity index is 589. The SMILES string of the molecule is Cc1c(Cl)nn2c(C3CCOCC3)nnc2c1C. The molecule has 0 bridgehead atoms. The van der Waals surface area contributed by atoms with Crippen molar-refractivity contribution in [3.05, 3.63) is 22.1 Å². The smallest absolute Gasteiger partial charge is 0.181 e. The summed E-state index contributed by atoms with van der Waals surface area (Å²) in [7, 11) is 0. The van der Waals surface area contributed by atoms with Gasteiger partial charge in [0.2, 0.25) is 0 Å². The topological polar surface area (TPSA) is 52.3 Å². The highest BCUT2D eigenvalue weighted by molar-refractivity contribution is 6.30. The monoisotopic (exact) mass is 266 g/mol. The predicted molar refractivity (Wildman–Crippen MR) is 68.1 cm³/mol. The summed E-state index contributed by atoms with van der Waals surface area (Å²) in [6.07, 6.45) is 1.93. The molecule has 2 aromatic heterocycles. The van der Waals surface area contributed by atoms with Crippen molar-refractivity contribution in [1.29, 1.82) is 0 Å². The summed E-state index contributed by atoms with van der Waals surface area (Å²) < 4.78 is 7.16. The van der Waals surface area contributed by atoms with E-state index >= 15 is 0 Å². The molecule has 3 rings (SSSR count). The lowest BCUT2D eigenvalue weighted by Gasteiger charge is -2.20. The lowest BCUT2D eigenvalue weighted by molar-refractivity contribution is 0.0831. The number of hydrogen-bond donors (Lipinski definition) is 0. The fraction of sp³-hybridized carbons (Fsp3) is 0.583. The van der Waals surface area contributed by atoms with E-state index in [1.54, 1.807) is 4.52 Å². The van der Waals surface area contributed by atoms with E-state index in [1.807, 2.05) is 13.8 Å². The zero-order valence-electron chi connectivity index (χ0n) is 10.5. The molecule has 2 aromatic rings. The molecule has 0 spiro atoms. The van der Waals surface area contributed by atoms with Gasteiger partial charge in [-0.1, -0.05) is 11.6 Å². The Hall–Kier alpha value is -1.20. The molecule has 1 saturated heterocycles. The molecular weight excluding hydrogens is 252 g/mol. The lowest BCUT2D eigenvalue weighted by Crippen LogP contribution is -2.17. The average molecular weight is 267 g/mol. The second-order valence-corrected chi connectivity index (χ2v) is 5.08. The maximum atomic E-state index is 6.15. The van der Waals surface area contributed by atoms with Crippen molar-refractivity contribution < 1.29 is 4.74 Å². The van der Waals surface area contributed by atoms with E-state index in [9.17, 15) is 0 Å². The molecule has 5 nitrogen and oxygen atoms in total. The summed E-state index contributed by atoms with van der Waals surface area (Å²) in [6.45, 7) is 5.50. The van der Waals surface area contributed by atoms with Gasteiger partial charge in [-0.2, -0.15) is 9.61 Å². The number of rotatable bonds is 1. The number of halogens is 1. The van der Waals surface area contributed by atoms with Crippen LogP contribution in [0, 0.1) is 13.8 Å². The molecule has 1 aliphatic heterocycles. The fourth-order valence-electron chi connectivity index (χ4n) is 2.32. The zero-order valence-corrected chi connectivity index (χ0v) is 11.2. The molecule has 0 aliphatic carbocycles. The first-order chi connectivity index (χ1) is 8.68. The van der Waals surface area contributed by atoms with Crippen LogP contribution >= 0.6 is 11.6 Å². The van der Waals surface area contributed by atoms with E-state index in [2.05, 4.69) is 15.3 Å². The van der Waals surface area contributed by atoms with Crippen LogP contribution in [0.5, 0.6) is 0 Å². The van der Waals surface area contributed by atoms with Crippen molar-refractivity contribution in [1.82, 2.24) is 19.8 Å². The Morgan fingerprint density at radius 2 is 1.89 bits per heavy atom. The number of ether oxygens (including phenoxy) is 1. The third-order valence-electron chi connectivity index (χ3n) is 3.65. The van der Waals surface area contributed by atoms with Crippen LogP contribution in [0.15, 0.2) is 0 Å². The van der Waals surface area contributed by atoms with Gasteiger partial charge >= 0.3 is 0 Å². The van der Waals surface area contributed by atoms with E-state index in [0.29, 0.717) is 11.1 Å². The van der Waals surface area contributed by atoms with Gasteiger partial charge in [0.05, 0.1) is 0 Å². The van der Waals surface area contributed by atoms with Crippen LogP contribution in [-0.2, 0) is 4.74 Å². The van der Waals surface area contributed by atoms with Crippen LogP contribution < -0.4 is 0 Å². The minimum Gasteiger partial charge on any atom is -0.381 e. The van der Waals surface area contributed by atoms with E-state index in [4.69, 9.17) is 16.3 Å². The highest BCUT2D eigenvalue weighted by Gasteiger charge is 2.23. The molecule has 0 unspecified atom stereocenters. The predicted octanol–water partition coefficient (Wildman–Crippen LogP) is 2.29. The fourth-order valence-corrected chi connectivity index (χ4v) is 2.54. The van der Waals surface area contributed by atoms with Crippen LogP contribution in [0.2, 0.25) is 5.15 Å². The summed E-state index contributed by atoms with van der Waals surface area (Å²) in [5, 5.41) is 13.5. The average Bonchev–Trinajstić information content (AvgIpc) is 2.81. The van der Waals surface area contributed by atoms with Gasteiger partial charge in [0.25, 0.3) is 0 Å². The molecule has 1 fully saturated rings. The van der Waals surface area contributed by atoms with E-state index in [0.717, 1.165) is 48.7 Å². The summed E-state index contributed by atoms with van der Waals surface area (Å²) in [4.78, 5) is 0. The number of hydrogen-bond acceptors (Lipinski definition) is 4. The van der Waals surface area contributed by atoms with Crippen LogP contribution in [0.25, 0.3) is 5.65 Å². The molecule has 0 atom stereocenters. The Balaban J connectivity index is 2.13. The Morgan fingerprint density at radius 3 is 2.61 bits per heavy atom. The number of nitrogens with zero attached hydrogens (tertiary/aromatic N) is 4. The van der Waals surface area contributed by atoms with Crippen LogP contribution in [0.3, 0.4) is 0 Å². The normalized spacial score (nSPS) is 17.5. The van der Waals surface area contributed by atoms with Crippen LogP contribution in [0.1, 0.15) is 35.7 Å². The van der Waals surface area contributed by atoms with Crippen LogP contribution in [0.4, 0.5) is 0 Å². The van der Waals surface area contributed by atoms with Crippen molar-refractivity contribution in [2.45, 2.75) is 32.6 Å². The van der Waals surface area contributed by atoms with E-state index < -0.39 is 0 Å². The minimum absolute atomic E-state index is 0.361. The molecule has 18 heavy (non-hydrogen) atoms. The van der Waals surface area contributed by atoms with Gasteiger partial charge in [-0.15, -0.1) is 10.2 Å². The summed E-state index contributed by atoms with van der Waals surface area (Å²) in [5.74, 6) is 1.26. The number of aryl methyl sites for hydroxylation is 1. The largest absolute Gasteiger partial charge is 0.381 e. The first kappa shape index (κ1) is 11.9. The molecule has 1 aliphatic rings. The van der Waals surface area contributed by atoms with Gasteiger partial charge in [-0.05, 0) is 32.3 Å². The highest BCUT2D eigenvalue weighted by Crippen LogP contribution is 2.27. The van der Waals surface area contributed by atoms with Gasteiger partial charge in [-0.25, -0.2) is 0 Å². The van der Waals surface area contributed by atoms with Gasteiger partial charge in [0.1, 0.15) is 0 Å². The van der Waals surface area contributed by atoms with Gasteiger partial charge < -0.3 is 4.74 Å². The first-order valence-corrected chi connectivity index (χ1v) is 6.52. The third kappa shape index (κ3) is 1.78. The molecular formula is C12H15ClN4O. The van der Waals surface area contributed by atoms with Crippen molar-refractivity contribution in [2.75, 3.05) is 13.2 Å². The number of fused-ring (bicyclic) bond motifs is 1. The van der Waals surface area contributed by atoms with Crippen molar-refractivity contribution in [3.8, 4) is 0 Å². The molecule has 0 N–H and O–H groups in total. The summed E-state index contributed by atoms with van der Waals surface area (Å²) >= 11 is 6.15. The second kappa shape index (κ2) is 4.48. The van der Waals surface area contributed by atoms with Gasteiger partial charge in [-0.3, -0.25) is 0 Å². The Kier molecular flexibility index (Phi) is 2.95. The molecule has 6 heteroatoms. The van der Waals surface area contributed by atoms with Crippen molar-refractivity contribution in [3.63, 3.8) is 0 Å². The first-order valence-electron chi connectivity index (χ1n) is 6.14. The standard InChI is InChI=1S/C12H15ClN4O/c1-7-8(2)11-14-15-12(17(11)16-10(7)13)9-3-5-18-6-4-9/h9H,3-6H2,1-2H3. The lowest BCUT2D eigenvalue weighted by atomic mass is 10.00.